The zero-order valence-electron chi connectivity index (χ0n) is 12.4. The van der Waals surface area contributed by atoms with Crippen LogP contribution in [0.1, 0.15) is 26.7 Å². The first-order valence-electron chi connectivity index (χ1n) is 7.64. The normalized spacial score (nSPS) is 29.6. The topological polar surface area (TPSA) is 50.2 Å². The highest BCUT2D eigenvalue weighted by Gasteiger charge is 2.46. The van der Waals surface area contributed by atoms with Gasteiger partial charge in [0.05, 0.1) is 0 Å². The van der Waals surface area contributed by atoms with Gasteiger partial charge in [0.2, 0.25) is 0 Å². The van der Waals surface area contributed by atoms with Gasteiger partial charge in [-0.25, -0.2) is 0 Å². The van der Waals surface area contributed by atoms with E-state index in [0.29, 0.717) is 11.8 Å². The molecule has 5 nitrogen and oxygen atoms in total. The predicted molar refractivity (Wildman–Crippen MR) is 77.2 cm³/mol. The van der Waals surface area contributed by atoms with Crippen molar-refractivity contribution < 1.29 is 4.79 Å². The minimum absolute atomic E-state index is 0.263. The third-order valence-corrected chi connectivity index (χ3v) is 5.05. The average molecular weight is 276 g/mol. The molecule has 1 aromatic heterocycles. The SMILES string of the molecule is CC1CN(C(=O)C2(n3cccn3)CCNCC2)CC1C. The van der Waals surface area contributed by atoms with Crippen molar-refractivity contribution >= 4 is 5.91 Å². The summed E-state index contributed by atoms with van der Waals surface area (Å²) in [4.78, 5) is 15.2. The van der Waals surface area contributed by atoms with Crippen molar-refractivity contribution in [2.45, 2.75) is 32.2 Å². The molecule has 2 aliphatic heterocycles. The maximum atomic E-state index is 13.1. The molecule has 2 unspecified atom stereocenters. The van der Waals surface area contributed by atoms with Crippen LogP contribution in [0.15, 0.2) is 18.5 Å². The van der Waals surface area contributed by atoms with Gasteiger partial charge in [0.25, 0.3) is 5.91 Å². The Hall–Kier alpha value is -1.36. The van der Waals surface area contributed by atoms with Crippen LogP contribution >= 0.6 is 0 Å². The van der Waals surface area contributed by atoms with Crippen molar-refractivity contribution in [2.75, 3.05) is 26.2 Å². The van der Waals surface area contributed by atoms with E-state index in [9.17, 15) is 4.79 Å². The second kappa shape index (κ2) is 5.20. The molecule has 1 N–H and O–H groups in total. The minimum atomic E-state index is -0.474. The lowest BCUT2D eigenvalue weighted by atomic mass is 9.87. The Labute approximate surface area is 120 Å². The number of rotatable bonds is 2. The monoisotopic (exact) mass is 276 g/mol. The lowest BCUT2D eigenvalue weighted by Crippen LogP contribution is -2.55. The standard InChI is InChI=1S/C15H24N4O/c1-12-10-18(11-13(12)2)14(20)15(4-7-16-8-5-15)19-9-3-6-17-19/h3,6,9,12-13,16H,4-5,7-8,10-11H2,1-2H3. The fourth-order valence-electron chi connectivity index (χ4n) is 3.49. The summed E-state index contributed by atoms with van der Waals surface area (Å²) in [7, 11) is 0. The molecule has 0 aromatic carbocycles. The first-order chi connectivity index (χ1) is 9.63. The molecule has 0 aliphatic carbocycles. The quantitative estimate of drug-likeness (QED) is 0.879. The molecule has 2 aliphatic rings. The maximum Gasteiger partial charge on any atom is 0.250 e. The van der Waals surface area contributed by atoms with Gasteiger partial charge in [-0.3, -0.25) is 9.48 Å². The number of piperidine rings is 1. The molecule has 0 saturated carbocycles. The van der Waals surface area contributed by atoms with E-state index in [4.69, 9.17) is 0 Å². The molecule has 0 radical (unpaired) electrons. The Bertz CT molecular complexity index is 454. The van der Waals surface area contributed by atoms with Crippen LogP contribution in [0.25, 0.3) is 0 Å². The Morgan fingerprint density at radius 3 is 2.45 bits per heavy atom. The molecule has 5 heteroatoms. The summed E-state index contributed by atoms with van der Waals surface area (Å²) in [6.07, 6.45) is 5.36. The Balaban J connectivity index is 1.88. The van der Waals surface area contributed by atoms with Gasteiger partial charge in [0.1, 0.15) is 5.54 Å². The molecular weight excluding hydrogens is 252 g/mol. The molecule has 3 rings (SSSR count). The van der Waals surface area contributed by atoms with E-state index in [1.807, 2.05) is 16.9 Å². The third kappa shape index (κ3) is 2.14. The van der Waals surface area contributed by atoms with E-state index >= 15 is 0 Å². The smallest absolute Gasteiger partial charge is 0.250 e. The number of carbonyl (C=O) groups excluding carboxylic acids is 1. The summed E-state index contributed by atoms with van der Waals surface area (Å²) >= 11 is 0. The average Bonchev–Trinajstić information content (AvgIpc) is 3.10. The van der Waals surface area contributed by atoms with Crippen molar-refractivity contribution in [1.29, 1.82) is 0 Å². The van der Waals surface area contributed by atoms with Crippen LogP contribution in [0.4, 0.5) is 0 Å². The zero-order valence-corrected chi connectivity index (χ0v) is 12.4. The van der Waals surface area contributed by atoms with Gasteiger partial charge in [0, 0.05) is 25.5 Å². The van der Waals surface area contributed by atoms with Crippen molar-refractivity contribution in [1.82, 2.24) is 20.0 Å². The largest absolute Gasteiger partial charge is 0.340 e. The summed E-state index contributed by atoms with van der Waals surface area (Å²) in [5, 5.41) is 7.74. The lowest BCUT2D eigenvalue weighted by molar-refractivity contribution is -0.142. The molecule has 2 fully saturated rings. The Kier molecular flexibility index (Phi) is 3.54. The van der Waals surface area contributed by atoms with Crippen molar-refractivity contribution in [3.05, 3.63) is 18.5 Å². The molecule has 1 aromatic rings. The summed E-state index contributed by atoms with van der Waals surface area (Å²) in [6, 6.07) is 1.91. The molecule has 2 saturated heterocycles. The number of hydrogen-bond donors (Lipinski definition) is 1. The predicted octanol–water partition coefficient (Wildman–Crippen LogP) is 1.08. The Morgan fingerprint density at radius 2 is 1.90 bits per heavy atom. The highest BCUT2D eigenvalue weighted by atomic mass is 16.2. The number of amides is 1. The number of nitrogens with zero attached hydrogens (tertiary/aromatic N) is 3. The molecule has 0 spiro atoms. The summed E-state index contributed by atoms with van der Waals surface area (Å²) in [6.45, 7) is 8.00. The van der Waals surface area contributed by atoms with E-state index in [0.717, 1.165) is 39.0 Å². The van der Waals surface area contributed by atoms with Crippen LogP contribution in [-0.2, 0) is 10.3 Å². The van der Waals surface area contributed by atoms with Crippen LogP contribution in [-0.4, -0.2) is 46.8 Å². The number of likely N-dealkylation sites (tertiary alicyclic amines) is 1. The van der Waals surface area contributed by atoms with Gasteiger partial charge in [-0.2, -0.15) is 5.10 Å². The maximum absolute atomic E-state index is 13.1. The first kappa shape index (κ1) is 13.6. The summed E-state index contributed by atoms with van der Waals surface area (Å²) in [5.41, 5.74) is -0.474. The first-order valence-corrected chi connectivity index (χ1v) is 7.64. The van der Waals surface area contributed by atoms with Crippen LogP contribution in [0.2, 0.25) is 0 Å². The number of aromatic nitrogens is 2. The van der Waals surface area contributed by atoms with Crippen LogP contribution in [0, 0.1) is 11.8 Å². The molecule has 110 valence electrons. The number of carbonyl (C=O) groups is 1. The van der Waals surface area contributed by atoms with E-state index in [-0.39, 0.29) is 5.91 Å². The van der Waals surface area contributed by atoms with E-state index in [1.165, 1.54) is 0 Å². The summed E-state index contributed by atoms with van der Waals surface area (Å²) in [5.74, 6) is 1.45. The summed E-state index contributed by atoms with van der Waals surface area (Å²) < 4.78 is 1.89. The molecule has 2 atom stereocenters. The van der Waals surface area contributed by atoms with Gasteiger partial charge in [-0.05, 0) is 43.8 Å². The van der Waals surface area contributed by atoms with Gasteiger partial charge in [-0.15, -0.1) is 0 Å². The van der Waals surface area contributed by atoms with Crippen LogP contribution in [0.3, 0.4) is 0 Å². The van der Waals surface area contributed by atoms with Crippen molar-refractivity contribution in [3.8, 4) is 0 Å². The zero-order chi connectivity index (χ0) is 14.2. The molecule has 1 amide bonds. The van der Waals surface area contributed by atoms with Gasteiger partial charge in [-0.1, -0.05) is 13.8 Å². The highest BCUT2D eigenvalue weighted by Crippen LogP contribution is 2.32. The fraction of sp³-hybridized carbons (Fsp3) is 0.733. The number of nitrogens with one attached hydrogen (secondary N) is 1. The van der Waals surface area contributed by atoms with Crippen molar-refractivity contribution in [3.63, 3.8) is 0 Å². The second-order valence-electron chi connectivity index (χ2n) is 6.40. The van der Waals surface area contributed by atoms with Crippen LogP contribution in [0.5, 0.6) is 0 Å². The van der Waals surface area contributed by atoms with Gasteiger partial charge in [0.15, 0.2) is 0 Å². The highest BCUT2D eigenvalue weighted by molar-refractivity contribution is 5.85. The van der Waals surface area contributed by atoms with E-state index in [2.05, 4.69) is 29.2 Å². The van der Waals surface area contributed by atoms with E-state index < -0.39 is 5.54 Å². The molecule has 20 heavy (non-hydrogen) atoms. The van der Waals surface area contributed by atoms with E-state index in [1.54, 1.807) is 6.20 Å². The molecule has 3 heterocycles. The molecule has 0 bridgehead atoms. The lowest BCUT2D eigenvalue weighted by Gasteiger charge is -2.39. The minimum Gasteiger partial charge on any atom is -0.340 e. The fourth-order valence-corrected chi connectivity index (χ4v) is 3.49. The van der Waals surface area contributed by atoms with Gasteiger partial charge >= 0.3 is 0 Å². The molecular formula is C15H24N4O. The Morgan fingerprint density at radius 1 is 1.25 bits per heavy atom. The van der Waals surface area contributed by atoms with Crippen molar-refractivity contribution in [2.24, 2.45) is 11.8 Å². The van der Waals surface area contributed by atoms with Gasteiger partial charge < -0.3 is 10.2 Å². The third-order valence-electron chi connectivity index (χ3n) is 5.05. The van der Waals surface area contributed by atoms with Crippen LogP contribution < -0.4 is 5.32 Å². The number of hydrogen-bond acceptors (Lipinski definition) is 3. The second-order valence-corrected chi connectivity index (χ2v) is 6.40.